The highest BCUT2D eigenvalue weighted by Gasteiger charge is 2.05. The van der Waals surface area contributed by atoms with Gasteiger partial charge in [-0.2, -0.15) is 0 Å². The molecule has 0 fully saturated rings. The Labute approximate surface area is 106 Å². The van der Waals surface area contributed by atoms with E-state index in [0.29, 0.717) is 13.0 Å². The first-order valence-corrected chi connectivity index (χ1v) is 6.03. The Morgan fingerprint density at radius 1 is 1.35 bits per heavy atom. The van der Waals surface area contributed by atoms with Gasteiger partial charge in [-0.05, 0) is 37.1 Å². The largest absolute Gasteiger partial charge is 0.448 e. The second-order valence-electron chi connectivity index (χ2n) is 3.93. The number of hydrogen-bond donors (Lipinski definition) is 1. The van der Waals surface area contributed by atoms with Gasteiger partial charge in [0.15, 0.2) is 5.89 Å². The van der Waals surface area contributed by atoms with E-state index >= 15 is 0 Å². The average Bonchev–Trinajstić information content (AvgIpc) is 2.74. The minimum Gasteiger partial charge on any atom is -0.448 e. The molecule has 2 aromatic rings. The number of halogens is 1. The van der Waals surface area contributed by atoms with E-state index in [1.54, 1.807) is 6.26 Å². The van der Waals surface area contributed by atoms with Crippen molar-refractivity contribution in [2.75, 3.05) is 6.54 Å². The molecule has 0 saturated heterocycles. The Balaban J connectivity index is 2.01. The monoisotopic (exact) mass is 250 g/mol. The minimum absolute atomic E-state index is 0.670. The molecule has 2 N–H and O–H groups in total. The maximum Gasteiger partial charge on any atom is 0.198 e. The number of nitrogens with zero attached hydrogens (tertiary/aromatic N) is 1. The molecule has 3 nitrogen and oxygen atoms in total. The second kappa shape index (κ2) is 5.84. The third-order valence-electron chi connectivity index (χ3n) is 2.48. The van der Waals surface area contributed by atoms with Gasteiger partial charge in [-0.25, -0.2) is 4.98 Å². The Kier molecular flexibility index (Phi) is 4.18. The van der Waals surface area contributed by atoms with Crippen LogP contribution in [0.25, 0.3) is 0 Å². The first-order chi connectivity index (χ1) is 8.28. The van der Waals surface area contributed by atoms with Crippen LogP contribution in [0, 0.1) is 0 Å². The van der Waals surface area contributed by atoms with Crippen LogP contribution in [0.15, 0.2) is 34.9 Å². The molecule has 0 spiro atoms. The summed E-state index contributed by atoms with van der Waals surface area (Å²) in [6.45, 7) is 0.677. The van der Waals surface area contributed by atoms with Crippen molar-refractivity contribution in [3.63, 3.8) is 0 Å². The molecule has 1 heterocycles. The van der Waals surface area contributed by atoms with E-state index in [2.05, 4.69) is 4.98 Å². The van der Waals surface area contributed by atoms with Crippen molar-refractivity contribution in [1.82, 2.24) is 4.98 Å². The molecule has 0 radical (unpaired) electrons. The van der Waals surface area contributed by atoms with Crippen LogP contribution in [0.1, 0.15) is 23.6 Å². The number of nitrogens with two attached hydrogens (primary N) is 1. The summed E-state index contributed by atoms with van der Waals surface area (Å²) in [4.78, 5) is 4.41. The van der Waals surface area contributed by atoms with Crippen molar-refractivity contribution in [1.29, 1.82) is 0 Å². The Morgan fingerprint density at radius 2 is 2.24 bits per heavy atom. The lowest BCUT2D eigenvalue weighted by Crippen LogP contribution is -2.00. The molecule has 0 amide bonds. The highest BCUT2D eigenvalue weighted by atomic mass is 35.5. The SMILES string of the molecule is NCCCc1coc(Cc2cccc(Cl)c2)n1. The molecule has 0 aliphatic rings. The van der Waals surface area contributed by atoms with Crippen LogP contribution < -0.4 is 5.73 Å². The normalized spacial score (nSPS) is 10.7. The number of rotatable bonds is 5. The van der Waals surface area contributed by atoms with Crippen molar-refractivity contribution >= 4 is 11.6 Å². The minimum atomic E-state index is 0.670. The van der Waals surface area contributed by atoms with Crippen LogP contribution in [0.5, 0.6) is 0 Å². The maximum atomic E-state index is 5.92. The van der Waals surface area contributed by atoms with Crippen molar-refractivity contribution in [2.45, 2.75) is 19.3 Å². The summed E-state index contributed by atoms with van der Waals surface area (Å²) in [6, 6.07) is 7.71. The fourth-order valence-corrected chi connectivity index (χ4v) is 1.86. The molecule has 0 aliphatic carbocycles. The third kappa shape index (κ3) is 3.58. The molecule has 4 heteroatoms. The van der Waals surface area contributed by atoms with Gasteiger partial charge in [0.1, 0.15) is 6.26 Å². The highest BCUT2D eigenvalue weighted by Crippen LogP contribution is 2.15. The fraction of sp³-hybridized carbons (Fsp3) is 0.308. The smallest absolute Gasteiger partial charge is 0.198 e. The van der Waals surface area contributed by atoms with E-state index in [-0.39, 0.29) is 0 Å². The molecule has 17 heavy (non-hydrogen) atoms. The number of aryl methyl sites for hydroxylation is 1. The Morgan fingerprint density at radius 3 is 3.00 bits per heavy atom. The number of oxazole rings is 1. The van der Waals surface area contributed by atoms with Gasteiger partial charge in [-0.15, -0.1) is 0 Å². The summed E-state index contributed by atoms with van der Waals surface area (Å²) in [5.74, 6) is 0.722. The average molecular weight is 251 g/mol. The van der Waals surface area contributed by atoms with E-state index in [9.17, 15) is 0 Å². The van der Waals surface area contributed by atoms with Gasteiger partial charge in [0.2, 0.25) is 0 Å². The Hall–Kier alpha value is -1.32. The molecule has 0 saturated carbocycles. The zero-order valence-corrected chi connectivity index (χ0v) is 10.3. The van der Waals surface area contributed by atoms with Gasteiger partial charge < -0.3 is 10.2 Å². The van der Waals surface area contributed by atoms with Crippen LogP contribution in [-0.2, 0) is 12.8 Å². The van der Waals surface area contributed by atoms with Crippen LogP contribution in [0.2, 0.25) is 5.02 Å². The van der Waals surface area contributed by atoms with Crippen molar-refractivity contribution < 1.29 is 4.42 Å². The summed E-state index contributed by atoms with van der Waals surface area (Å²) in [5.41, 5.74) is 7.52. The lowest BCUT2D eigenvalue weighted by Gasteiger charge is -1.97. The van der Waals surface area contributed by atoms with Gasteiger partial charge in [0.25, 0.3) is 0 Å². The quantitative estimate of drug-likeness (QED) is 0.888. The molecule has 90 valence electrons. The van der Waals surface area contributed by atoms with Crippen molar-refractivity contribution in [3.05, 3.63) is 52.7 Å². The molecular weight excluding hydrogens is 236 g/mol. The zero-order valence-electron chi connectivity index (χ0n) is 9.53. The Bertz CT molecular complexity index is 482. The first kappa shape index (κ1) is 12.1. The molecule has 1 aromatic heterocycles. The van der Waals surface area contributed by atoms with E-state index in [1.807, 2.05) is 24.3 Å². The lowest BCUT2D eigenvalue weighted by molar-refractivity contribution is 0.506. The summed E-state index contributed by atoms with van der Waals surface area (Å²) in [6.07, 6.45) is 4.18. The first-order valence-electron chi connectivity index (χ1n) is 5.65. The number of hydrogen-bond acceptors (Lipinski definition) is 3. The van der Waals surface area contributed by atoms with E-state index in [0.717, 1.165) is 35.0 Å². The summed E-state index contributed by atoms with van der Waals surface area (Å²) in [7, 11) is 0. The summed E-state index contributed by atoms with van der Waals surface area (Å²) in [5, 5.41) is 0.734. The van der Waals surface area contributed by atoms with Crippen molar-refractivity contribution in [3.8, 4) is 0 Å². The second-order valence-corrected chi connectivity index (χ2v) is 4.37. The molecule has 0 unspecified atom stereocenters. The van der Waals surface area contributed by atoms with Gasteiger partial charge in [-0.1, -0.05) is 23.7 Å². The molecular formula is C13H15ClN2O. The molecule has 0 aliphatic heterocycles. The summed E-state index contributed by atoms with van der Waals surface area (Å²) < 4.78 is 5.41. The van der Waals surface area contributed by atoms with E-state index in [1.165, 1.54) is 0 Å². The molecule has 1 aromatic carbocycles. The van der Waals surface area contributed by atoms with Gasteiger partial charge in [0, 0.05) is 11.4 Å². The van der Waals surface area contributed by atoms with Crippen LogP contribution >= 0.6 is 11.6 Å². The fourth-order valence-electron chi connectivity index (χ4n) is 1.65. The predicted octanol–water partition coefficient (Wildman–Crippen LogP) is 2.81. The van der Waals surface area contributed by atoms with Crippen LogP contribution in [-0.4, -0.2) is 11.5 Å². The van der Waals surface area contributed by atoms with Gasteiger partial charge >= 0.3 is 0 Å². The maximum absolute atomic E-state index is 5.92. The molecule has 0 atom stereocenters. The standard InChI is InChI=1S/C13H15ClN2O/c14-11-4-1-3-10(7-11)8-13-16-12(9-17-13)5-2-6-15/h1,3-4,7,9H,2,5-6,8,15H2. The molecule has 0 bridgehead atoms. The third-order valence-corrected chi connectivity index (χ3v) is 2.72. The topological polar surface area (TPSA) is 52.0 Å². The van der Waals surface area contributed by atoms with Crippen LogP contribution in [0.4, 0.5) is 0 Å². The van der Waals surface area contributed by atoms with Gasteiger partial charge in [0.05, 0.1) is 5.69 Å². The zero-order chi connectivity index (χ0) is 12.1. The van der Waals surface area contributed by atoms with Gasteiger partial charge in [-0.3, -0.25) is 0 Å². The number of aromatic nitrogens is 1. The number of benzene rings is 1. The van der Waals surface area contributed by atoms with E-state index < -0.39 is 0 Å². The molecule has 2 rings (SSSR count). The lowest BCUT2D eigenvalue weighted by atomic mass is 10.1. The highest BCUT2D eigenvalue weighted by molar-refractivity contribution is 6.30. The summed E-state index contributed by atoms with van der Waals surface area (Å²) >= 11 is 5.92. The van der Waals surface area contributed by atoms with Crippen molar-refractivity contribution in [2.24, 2.45) is 5.73 Å². The predicted molar refractivity (Wildman–Crippen MR) is 68.1 cm³/mol. The van der Waals surface area contributed by atoms with Crippen LogP contribution in [0.3, 0.4) is 0 Å². The van der Waals surface area contributed by atoms with E-state index in [4.69, 9.17) is 21.8 Å².